The molecule has 0 aliphatic carbocycles. The van der Waals surface area contributed by atoms with Crippen LogP contribution in [0.1, 0.15) is 20.7 Å². The zero-order valence-corrected chi connectivity index (χ0v) is 18.9. The zero-order valence-electron chi connectivity index (χ0n) is 18.1. The lowest BCUT2D eigenvalue weighted by Gasteiger charge is -2.22. The van der Waals surface area contributed by atoms with Crippen LogP contribution in [-0.2, 0) is 11.3 Å². The van der Waals surface area contributed by atoms with E-state index in [-0.39, 0.29) is 22.5 Å². The summed E-state index contributed by atoms with van der Waals surface area (Å²) in [5.41, 5.74) is 2.14. The van der Waals surface area contributed by atoms with Crippen molar-refractivity contribution in [2.45, 2.75) is 0 Å². The molecule has 1 unspecified atom stereocenters. The lowest BCUT2D eigenvalue weighted by molar-refractivity contribution is 0.0697. The minimum Gasteiger partial charge on any atom is -0.478 e. The first kappa shape index (κ1) is 23.8. The second-order valence-corrected chi connectivity index (χ2v) is 8.26. The topological polar surface area (TPSA) is 107 Å². The van der Waals surface area contributed by atoms with Crippen LogP contribution < -0.4 is 9.62 Å². The van der Waals surface area contributed by atoms with Gasteiger partial charge in [-0.25, -0.2) is 17.7 Å². The van der Waals surface area contributed by atoms with E-state index in [1.807, 2.05) is 42.5 Å². The Balaban J connectivity index is 1.64. The van der Waals surface area contributed by atoms with Gasteiger partial charge in [0.15, 0.2) is 0 Å². The third-order valence-electron chi connectivity index (χ3n) is 5.18. The summed E-state index contributed by atoms with van der Waals surface area (Å²) in [7, 11) is 0. The number of carboxylic acids is 1. The Morgan fingerprint density at radius 3 is 2.06 bits per heavy atom. The van der Waals surface area contributed by atoms with Crippen molar-refractivity contribution in [3.63, 3.8) is 0 Å². The molecular weight excluding hydrogens is 471 g/mol. The van der Waals surface area contributed by atoms with E-state index < -0.39 is 29.0 Å². The molecule has 0 spiro atoms. The highest BCUT2D eigenvalue weighted by atomic mass is 32.2. The van der Waals surface area contributed by atoms with Gasteiger partial charge in [0, 0.05) is 11.3 Å². The van der Waals surface area contributed by atoms with Gasteiger partial charge in [0.1, 0.15) is 5.82 Å². The van der Waals surface area contributed by atoms with Gasteiger partial charge in [0.25, 0.3) is 17.2 Å². The summed E-state index contributed by atoms with van der Waals surface area (Å²) in [6.07, 6.45) is 0. The molecule has 4 aromatic rings. The minimum absolute atomic E-state index is 0.0645. The first-order chi connectivity index (χ1) is 16.8. The number of rotatable bonds is 7. The van der Waals surface area contributed by atoms with Crippen LogP contribution in [0.25, 0.3) is 11.1 Å². The highest BCUT2D eigenvalue weighted by Crippen LogP contribution is 2.32. The largest absolute Gasteiger partial charge is 0.478 e. The number of hydrogen-bond acceptors (Lipinski definition) is 3. The van der Waals surface area contributed by atoms with Gasteiger partial charge in [-0.1, -0.05) is 42.5 Å². The molecule has 0 aliphatic rings. The van der Waals surface area contributed by atoms with E-state index in [9.17, 15) is 27.8 Å². The lowest BCUT2D eigenvalue weighted by atomic mass is 10.1. The Morgan fingerprint density at radius 2 is 1.46 bits per heavy atom. The molecule has 0 fully saturated rings. The summed E-state index contributed by atoms with van der Waals surface area (Å²) in [5.74, 6) is -2.47. The number of aromatic carboxylic acids is 1. The van der Waals surface area contributed by atoms with Crippen molar-refractivity contribution in [1.82, 2.24) is 0 Å². The molecule has 176 valence electrons. The number of nitrogens with zero attached hydrogens (tertiary/aromatic N) is 1. The predicted octanol–water partition coefficient (Wildman–Crippen LogP) is 5.72. The van der Waals surface area contributed by atoms with Gasteiger partial charge in [0.05, 0.1) is 16.9 Å². The molecule has 4 aromatic carbocycles. The molecule has 1 amide bonds. The van der Waals surface area contributed by atoms with Crippen LogP contribution >= 0.6 is 0 Å². The molecule has 0 aliphatic heterocycles. The normalized spacial score (nSPS) is 11.5. The number of carboxylic acid groups (broad SMARTS) is 1. The smallest absolute Gasteiger partial charge is 0.337 e. The second-order valence-electron chi connectivity index (χ2n) is 7.44. The zero-order chi connectivity index (χ0) is 24.9. The number of nitrogens with one attached hydrogen (secondary N) is 1. The number of benzene rings is 4. The number of anilines is 3. The van der Waals surface area contributed by atoms with Crippen molar-refractivity contribution in [3.8, 4) is 11.1 Å². The van der Waals surface area contributed by atoms with Crippen molar-refractivity contribution in [1.29, 1.82) is 0 Å². The number of carbonyl (C=O) groups is 2. The van der Waals surface area contributed by atoms with E-state index in [1.54, 1.807) is 12.1 Å². The van der Waals surface area contributed by atoms with Crippen molar-refractivity contribution in [2.75, 3.05) is 9.62 Å². The molecule has 4 rings (SSSR count). The van der Waals surface area contributed by atoms with E-state index in [0.717, 1.165) is 27.6 Å². The van der Waals surface area contributed by atoms with Crippen LogP contribution in [-0.4, -0.2) is 25.7 Å². The SMILES string of the molecule is O=C(Nc1ccc(-c2ccccc2)cc1)c1ccc(C(=O)O)c(N(c2ccc(F)cc2)S(=O)O)c1. The molecule has 9 heteroatoms. The first-order valence-electron chi connectivity index (χ1n) is 10.3. The fourth-order valence-corrected chi connectivity index (χ4v) is 4.11. The number of carbonyl (C=O) groups excluding carboxylic acids is 1. The molecule has 0 bridgehead atoms. The van der Waals surface area contributed by atoms with Gasteiger partial charge < -0.3 is 10.4 Å². The van der Waals surface area contributed by atoms with Gasteiger partial charge in [0.2, 0.25) is 0 Å². The van der Waals surface area contributed by atoms with Crippen LogP contribution in [0.2, 0.25) is 0 Å². The summed E-state index contributed by atoms with van der Waals surface area (Å²) in [5, 5.41) is 12.3. The Hall–Kier alpha value is -4.34. The van der Waals surface area contributed by atoms with E-state index in [0.29, 0.717) is 5.69 Å². The maximum atomic E-state index is 13.4. The Bertz CT molecular complexity index is 1390. The average molecular weight is 491 g/mol. The van der Waals surface area contributed by atoms with Gasteiger partial charge in [-0.3, -0.25) is 9.35 Å². The molecule has 1 atom stereocenters. The summed E-state index contributed by atoms with van der Waals surface area (Å²) in [6.45, 7) is 0. The monoisotopic (exact) mass is 490 g/mol. The molecule has 0 saturated heterocycles. The fourth-order valence-electron chi connectivity index (χ4n) is 3.49. The second kappa shape index (κ2) is 10.3. The Labute approximate surface area is 202 Å². The molecule has 7 nitrogen and oxygen atoms in total. The van der Waals surface area contributed by atoms with E-state index in [4.69, 9.17) is 0 Å². The average Bonchev–Trinajstić information content (AvgIpc) is 2.86. The van der Waals surface area contributed by atoms with Gasteiger partial charge in [-0.2, -0.15) is 0 Å². The Morgan fingerprint density at radius 1 is 0.829 bits per heavy atom. The molecule has 3 N–H and O–H groups in total. The summed E-state index contributed by atoms with van der Waals surface area (Å²) in [6, 6.07) is 25.2. The van der Waals surface area contributed by atoms with Crippen molar-refractivity contribution < 1.29 is 27.8 Å². The van der Waals surface area contributed by atoms with Gasteiger partial charge >= 0.3 is 5.97 Å². The Kier molecular flexibility index (Phi) is 7.00. The molecule has 0 saturated carbocycles. The van der Waals surface area contributed by atoms with Crippen molar-refractivity contribution >= 4 is 40.2 Å². The third kappa shape index (κ3) is 5.43. The van der Waals surface area contributed by atoms with E-state index >= 15 is 0 Å². The quantitative estimate of drug-likeness (QED) is 0.287. The predicted molar refractivity (Wildman–Crippen MR) is 133 cm³/mol. The molecule has 0 aromatic heterocycles. The van der Waals surface area contributed by atoms with E-state index in [2.05, 4.69) is 5.32 Å². The van der Waals surface area contributed by atoms with Gasteiger partial charge in [-0.15, -0.1) is 0 Å². The van der Waals surface area contributed by atoms with Crippen molar-refractivity contribution in [3.05, 3.63) is 114 Å². The minimum atomic E-state index is -2.70. The number of halogens is 1. The first-order valence-corrected chi connectivity index (χ1v) is 11.4. The van der Waals surface area contributed by atoms with Crippen molar-refractivity contribution in [2.24, 2.45) is 0 Å². The van der Waals surface area contributed by atoms with Crippen LogP contribution in [0.15, 0.2) is 97.1 Å². The van der Waals surface area contributed by atoms with Crippen LogP contribution in [0.4, 0.5) is 21.5 Å². The standard InChI is InChI=1S/C26H19FN2O5S/c27-20-9-13-22(14-10-20)29(35(33)34)24-16-19(8-15-23(24)26(31)32)25(30)28-21-11-6-18(7-12-21)17-4-2-1-3-5-17/h1-16H,(H,28,30)(H,31,32)(H,33,34). The molecule has 35 heavy (non-hydrogen) atoms. The third-order valence-corrected chi connectivity index (χ3v) is 5.90. The number of hydrogen-bond donors (Lipinski definition) is 3. The maximum absolute atomic E-state index is 13.4. The van der Waals surface area contributed by atoms with Crippen LogP contribution in [0.5, 0.6) is 0 Å². The maximum Gasteiger partial charge on any atom is 0.337 e. The van der Waals surface area contributed by atoms with Crippen LogP contribution in [0, 0.1) is 5.82 Å². The lowest BCUT2D eigenvalue weighted by Crippen LogP contribution is -2.23. The summed E-state index contributed by atoms with van der Waals surface area (Å²) < 4.78 is 36.2. The van der Waals surface area contributed by atoms with Crippen LogP contribution in [0.3, 0.4) is 0 Å². The molecule has 0 radical (unpaired) electrons. The summed E-state index contributed by atoms with van der Waals surface area (Å²) in [4.78, 5) is 24.7. The van der Waals surface area contributed by atoms with E-state index in [1.165, 1.54) is 30.3 Å². The highest BCUT2D eigenvalue weighted by Gasteiger charge is 2.24. The number of amides is 1. The van der Waals surface area contributed by atoms with Gasteiger partial charge in [-0.05, 0) is 65.7 Å². The fraction of sp³-hybridized carbons (Fsp3) is 0. The molecular formula is C26H19FN2O5S. The molecule has 0 heterocycles. The highest BCUT2D eigenvalue weighted by molar-refractivity contribution is 7.81. The summed E-state index contributed by atoms with van der Waals surface area (Å²) >= 11 is -2.70.